The summed E-state index contributed by atoms with van der Waals surface area (Å²) < 4.78 is 38.9. The predicted octanol–water partition coefficient (Wildman–Crippen LogP) is 5.28. The monoisotopic (exact) mass is 488 g/mol. The van der Waals surface area contributed by atoms with Gasteiger partial charge in [-0.3, -0.25) is 4.79 Å². The molecular formula is C24H20ClF3N4O2. The molecule has 2 aliphatic rings. The number of allylic oxidation sites excluding steroid dienone is 4. The molecule has 0 bridgehead atoms. The molecule has 176 valence electrons. The van der Waals surface area contributed by atoms with Crippen LogP contribution >= 0.6 is 11.6 Å². The summed E-state index contributed by atoms with van der Waals surface area (Å²) in [4.78, 5) is 31.8. The van der Waals surface area contributed by atoms with Crippen molar-refractivity contribution in [3.8, 4) is 0 Å². The lowest BCUT2D eigenvalue weighted by Gasteiger charge is -2.25. The molecule has 0 saturated carbocycles. The Morgan fingerprint density at radius 1 is 1.12 bits per heavy atom. The molecule has 2 N–H and O–H groups in total. The number of carbonyl (C=O) groups excluding carboxylic acids is 2. The van der Waals surface area contributed by atoms with Gasteiger partial charge in [-0.1, -0.05) is 48.0 Å². The lowest BCUT2D eigenvalue weighted by Crippen LogP contribution is -2.47. The summed E-state index contributed by atoms with van der Waals surface area (Å²) in [6.45, 7) is 0. The van der Waals surface area contributed by atoms with Crippen molar-refractivity contribution in [2.75, 3.05) is 12.4 Å². The van der Waals surface area contributed by atoms with Crippen LogP contribution in [-0.2, 0) is 11.0 Å². The molecule has 0 radical (unpaired) electrons. The van der Waals surface area contributed by atoms with Gasteiger partial charge in [-0.2, -0.15) is 13.2 Å². The number of likely N-dealkylation sites (N-methyl/N-ethyl adjacent to an activating group) is 1. The van der Waals surface area contributed by atoms with E-state index in [2.05, 4.69) is 15.6 Å². The molecule has 2 aromatic rings. The molecule has 1 atom stereocenters. The zero-order valence-electron chi connectivity index (χ0n) is 18.0. The second-order valence-electron chi connectivity index (χ2n) is 7.77. The molecule has 1 aliphatic heterocycles. The largest absolute Gasteiger partial charge is 0.416 e. The van der Waals surface area contributed by atoms with Gasteiger partial charge in [-0.15, -0.1) is 0 Å². The molecular weight excluding hydrogens is 469 g/mol. The molecule has 1 heterocycles. The molecule has 0 spiro atoms. The standard InChI is InChI=1S/C24H20ClF3N4O2/c1-32-19-11-10-16(25)13-18(19)20(14-6-3-2-4-7-14)30-21(22(32)33)31-23(34)29-17-9-5-8-15(12-17)24(26,27)28/h2-9,12-13,21H,10-11H2,1H3,(H2,29,31,34). The van der Waals surface area contributed by atoms with E-state index >= 15 is 0 Å². The van der Waals surface area contributed by atoms with Crippen LogP contribution in [0, 0.1) is 0 Å². The van der Waals surface area contributed by atoms with E-state index in [0.717, 1.165) is 23.4 Å². The second-order valence-corrected chi connectivity index (χ2v) is 8.26. The van der Waals surface area contributed by atoms with E-state index in [1.807, 2.05) is 30.3 Å². The topological polar surface area (TPSA) is 73.8 Å². The maximum absolute atomic E-state index is 13.2. The summed E-state index contributed by atoms with van der Waals surface area (Å²) in [5.74, 6) is -0.482. The summed E-state index contributed by atoms with van der Waals surface area (Å²) in [5.41, 5.74) is 1.64. The molecule has 3 amide bonds. The van der Waals surface area contributed by atoms with Crippen LogP contribution in [0.2, 0.25) is 0 Å². The van der Waals surface area contributed by atoms with E-state index in [9.17, 15) is 22.8 Å². The minimum Gasteiger partial charge on any atom is -0.315 e. The van der Waals surface area contributed by atoms with Gasteiger partial charge in [0.2, 0.25) is 6.17 Å². The van der Waals surface area contributed by atoms with Crippen LogP contribution in [0.4, 0.5) is 23.7 Å². The molecule has 0 aromatic heterocycles. The Bertz CT molecular complexity index is 1220. The first kappa shape index (κ1) is 23.6. The maximum atomic E-state index is 13.2. The van der Waals surface area contributed by atoms with E-state index in [0.29, 0.717) is 29.2 Å². The zero-order chi connectivity index (χ0) is 24.5. The van der Waals surface area contributed by atoms with Crippen molar-refractivity contribution in [3.05, 3.63) is 88.1 Å². The zero-order valence-corrected chi connectivity index (χ0v) is 18.7. The summed E-state index contributed by atoms with van der Waals surface area (Å²) in [6.07, 6.45) is -3.01. The number of halogens is 4. The number of nitrogens with one attached hydrogen (secondary N) is 2. The Labute approximate surface area is 198 Å². The van der Waals surface area contributed by atoms with Crippen molar-refractivity contribution in [1.82, 2.24) is 10.2 Å². The fourth-order valence-electron chi connectivity index (χ4n) is 3.79. The molecule has 6 nitrogen and oxygen atoms in total. The number of rotatable bonds is 3. The van der Waals surface area contributed by atoms with Crippen LogP contribution in [0.3, 0.4) is 0 Å². The average molecular weight is 489 g/mol. The highest BCUT2D eigenvalue weighted by Crippen LogP contribution is 2.33. The Kier molecular flexibility index (Phi) is 6.47. The number of benzene rings is 2. The van der Waals surface area contributed by atoms with E-state index < -0.39 is 29.8 Å². The molecule has 2 aromatic carbocycles. The third-order valence-corrected chi connectivity index (χ3v) is 5.76. The number of anilines is 1. The number of aliphatic imine (C=N–C) groups is 1. The van der Waals surface area contributed by atoms with Gasteiger partial charge in [-0.25, -0.2) is 9.79 Å². The molecule has 0 saturated heterocycles. The molecule has 10 heteroatoms. The van der Waals surface area contributed by atoms with Gasteiger partial charge in [0.25, 0.3) is 5.91 Å². The summed E-state index contributed by atoms with van der Waals surface area (Å²) in [6, 6.07) is 12.5. The maximum Gasteiger partial charge on any atom is 0.416 e. The highest BCUT2D eigenvalue weighted by atomic mass is 35.5. The molecule has 1 aliphatic carbocycles. The SMILES string of the molecule is CN1C(=O)C(NC(=O)Nc2cccc(C(F)(F)F)c2)N=C(c2ccccc2)C2=C1CCC(Cl)=C2. The Morgan fingerprint density at radius 2 is 1.85 bits per heavy atom. The Balaban J connectivity index is 1.65. The molecule has 34 heavy (non-hydrogen) atoms. The summed E-state index contributed by atoms with van der Waals surface area (Å²) in [5, 5.41) is 5.44. The minimum atomic E-state index is -4.55. The van der Waals surface area contributed by atoms with Crippen LogP contribution in [0.25, 0.3) is 0 Å². The predicted molar refractivity (Wildman–Crippen MR) is 123 cm³/mol. The average Bonchev–Trinajstić information content (AvgIpc) is 2.89. The smallest absolute Gasteiger partial charge is 0.315 e. The molecule has 1 unspecified atom stereocenters. The summed E-state index contributed by atoms with van der Waals surface area (Å²) >= 11 is 6.29. The van der Waals surface area contributed by atoms with E-state index in [1.165, 1.54) is 17.0 Å². The first-order chi connectivity index (χ1) is 16.1. The van der Waals surface area contributed by atoms with E-state index in [4.69, 9.17) is 11.6 Å². The third-order valence-electron chi connectivity index (χ3n) is 5.46. The van der Waals surface area contributed by atoms with Gasteiger partial charge in [0.1, 0.15) is 0 Å². The first-order valence-corrected chi connectivity index (χ1v) is 10.8. The Morgan fingerprint density at radius 3 is 2.56 bits per heavy atom. The number of amides is 3. The van der Waals surface area contributed by atoms with E-state index in [1.54, 1.807) is 13.1 Å². The van der Waals surface area contributed by atoms with Gasteiger partial charge in [-0.05, 0) is 37.1 Å². The number of urea groups is 1. The van der Waals surface area contributed by atoms with Crippen LogP contribution in [-0.4, -0.2) is 35.8 Å². The van der Waals surface area contributed by atoms with Crippen molar-refractivity contribution in [2.24, 2.45) is 4.99 Å². The van der Waals surface area contributed by atoms with Gasteiger partial charge in [0.15, 0.2) is 0 Å². The lowest BCUT2D eigenvalue weighted by molar-refractivity contribution is -0.137. The van der Waals surface area contributed by atoms with Crippen LogP contribution < -0.4 is 10.6 Å². The van der Waals surface area contributed by atoms with Gasteiger partial charge < -0.3 is 15.5 Å². The van der Waals surface area contributed by atoms with Crippen LogP contribution in [0.15, 0.2) is 82.0 Å². The highest BCUT2D eigenvalue weighted by molar-refractivity contribution is 6.31. The lowest BCUT2D eigenvalue weighted by atomic mass is 9.94. The van der Waals surface area contributed by atoms with Gasteiger partial charge in [0, 0.05) is 34.6 Å². The number of hydrogen-bond acceptors (Lipinski definition) is 3. The van der Waals surface area contributed by atoms with Crippen molar-refractivity contribution < 1.29 is 22.8 Å². The number of nitrogens with zero attached hydrogens (tertiary/aromatic N) is 2. The molecule has 4 rings (SSSR count). The fourth-order valence-corrected chi connectivity index (χ4v) is 4.00. The number of hydrogen-bond donors (Lipinski definition) is 2. The number of carbonyl (C=O) groups is 2. The van der Waals surface area contributed by atoms with Crippen molar-refractivity contribution >= 4 is 34.9 Å². The van der Waals surface area contributed by atoms with Crippen molar-refractivity contribution in [1.29, 1.82) is 0 Å². The van der Waals surface area contributed by atoms with Crippen LogP contribution in [0.1, 0.15) is 24.0 Å². The fraction of sp³-hybridized carbons (Fsp3) is 0.208. The third kappa shape index (κ3) is 4.99. The number of alkyl halides is 3. The van der Waals surface area contributed by atoms with Crippen molar-refractivity contribution in [2.45, 2.75) is 25.2 Å². The quantitative estimate of drug-likeness (QED) is 0.616. The normalized spacial score (nSPS) is 18.6. The molecule has 0 fully saturated rings. The Hall–Kier alpha value is -3.59. The first-order valence-electron chi connectivity index (χ1n) is 10.4. The minimum absolute atomic E-state index is 0.0684. The van der Waals surface area contributed by atoms with Crippen LogP contribution in [0.5, 0.6) is 0 Å². The highest BCUT2D eigenvalue weighted by Gasteiger charge is 2.34. The summed E-state index contributed by atoms with van der Waals surface area (Å²) in [7, 11) is 1.59. The van der Waals surface area contributed by atoms with E-state index in [-0.39, 0.29) is 5.69 Å². The van der Waals surface area contributed by atoms with Gasteiger partial charge in [0.05, 0.1) is 11.3 Å². The van der Waals surface area contributed by atoms with Crippen molar-refractivity contribution in [3.63, 3.8) is 0 Å². The second kappa shape index (κ2) is 9.34. The van der Waals surface area contributed by atoms with Gasteiger partial charge >= 0.3 is 12.2 Å².